The number of ketones is 1. The van der Waals surface area contributed by atoms with Crippen LogP contribution < -0.4 is 0 Å². The van der Waals surface area contributed by atoms with Crippen LogP contribution in [0.5, 0.6) is 0 Å². The molecule has 0 aliphatic heterocycles. The van der Waals surface area contributed by atoms with Gasteiger partial charge in [-0.1, -0.05) is 0 Å². The quantitative estimate of drug-likeness (QED) is 0.390. The summed E-state index contributed by atoms with van der Waals surface area (Å²) in [5.74, 6) is 0.176. The Balaban J connectivity index is 2.86. The number of hydrogen-bond acceptors (Lipinski definition) is 2. The molecule has 0 bridgehead atoms. The number of carbonyl (C=O) groups is 1. The van der Waals surface area contributed by atoms with Gasteiger partial charge in [0.25, 0.3) is 0 Å². The van der Waals surface area contributed by atoms with E-state index in [0.29, 0.717) is 12.0 Å². The summed E-state index contributed by atoms with van der Waals surface area (Å²) in [4.78, 5) is 11.2. The van der Waals surface area contributed by atoms with Gasteiger partial charge in [-0.2, -0.15) is 5.26 Å². The van der Waals surface area contributed by atoms with Gasteiger partial charge in [0.15, 0.2) is 5.78 Å². The highest BCUT2D eigenvalue weighted by atomic mass is 16.1. The van der Waals surface area contributed by atoms with E-state index in [-0.39, 0.29) is 5.78 Å². The predicted molar refractivity (Wildman–Crippen MR) is 41.8 cm³/mol. The third-order valence-corrected chi connectivity index (χ3v) is 2.04. The van der Waals surface area contributed by atoms with Crippen molar-refractivity contribution in [2.45, 2.75) is 32.6 Å². The number of carbonyl (C=O) groups excluding carboxylic acids is 1. The topological polar surface area (TPSA) is 40.9 Å². The fourth-order valence-electron chi connectivity index (χ4n) is 1.34. The van der Waals surface area contributed by atoms with E-state index in [1.165, 1.54) is 0 Å². The van der Waals surface area contributed by atoms with Gasteiger partial charge < -0.3 is 0 Å². The van der Waals surface area contributed by atoms with Crippen molar-refractivity contribution < 1.29 is 4.79 Å². The lowest BCUT2D eigenvalue weighted by atomic mass is 9.91. The molecule has 0 N–H and O–H groups in total. The third-order valence-electron chi connectivity index (χ3n) is 2.04. The lowest BCUT2D eigenvalue weighted by Gasteiger charge is -2.12. The van der Waals surface area contributed by atoms with Crippen LogP contribution in [0, 0.1) is 11.3 Å². The second-order valence-electron chi connectivity index (χ2n) is 2.85. The van der Waals surface area contributed by atoms with Crippen LogP contribution in [0.4, 0.5) is 0 Å². The second-order valence-corrected chi connectivity index (χ2v) is 2.85. The summed E-state index contributed by atoms with van der Waals surface area (Å²) >= 11 is 0. The maximum atomic E-state index is 11.2. The Labute approximate surface area is 66.5 Å². The van der Waals surface area contributed by atoms with Gasteiger partial charge in [0.05, 0.1) is 6.07 Å². The first-order valence-corrected chi connectivity index (χ1v) is 3.88. The Morgan fingerprint density at radius 2 is 2.09 bits per heavy atom. The fourth-order valence-corrected chi connectivity index (χ4v) is 1.34. The number of rotatable bonds is 0. The molecule has 0 unspecified atom stereocenters. The van der Waals surface area contributed by atoms with Crippen LogP contribution in [0.15, 0.2) is 11.1 Å². The van der Waals surface area contributed by atoms with E-state index < -0.39 is 0 Å². The van der Waals surface area contributed by atoms with Crippen molar-refractivity contribution in [1.82, 2.24) is 0 Å². The Bertz CT molecular complexity index is 245. The molecule has 1 fully saturated rings. The van der Waals surface area contributed by atoms with E-state index in [9.17, 15) is 4.79 Å². The van der Waals surface area contributed by atoms with Crippen molar-refractivity contribution >= 4 is 5.78 Å². The van der Waals surface area contributed by atoms with Gasteiger partial charge in [-0.15, -0.1) is 0 Å². The minimum absolute atomic E-state index is 0.176. The molecular formula is C9H11NO. The Morgan fingerprint density at radius 1 is 1.45 bits per heavy atom. The van der Waals surface area contributed by atoms with Crippen LogP contribution >= 0.6 is 0 Å². The van der Waals surface area contributed by atoms with Crippen molar-refractivity contribution in [3.8, 4) is 6.07 Å². The van der Waals surface area contributed by atoms with Crippen molar-refractivity contribution in [3.63, 3.8) is 0 Å². The normalized spacial score (nSPS) is 22.7. The zero-order valence-electron chi connectivity index (χ0n) is 6.68. The maximum absolute atomic E-state index is 11.2. The van der Waals surface area contributed by atoms with Gasteiger partial charge in [-0.25, -0.2) is 0 Å². The van der Waals surface area contributed by atoms with E-state index in [2.05, 4.69) is 0 Å². The van der Waals surface area contributed by atoms with E-state index in [1.807, 2.05) is 6.07 Å². The molecule has 1 rings (SSSR count). The minimum atomic E-state index is 0.176. The minimum Gasteiger partial charge on any atom is -0.295 e. The molecule has 0 amide bonds. The van der Waals surface area contributed by atoms with Gasteiger partial charge in [-0.3, -0.25) is 4.79 Å². The Morgan fingerprint density at radius 3 is 2.64 bits per heavy atom. The van der Waals surface area contributed by atoms with Crippen LogP contribution in [0.2, 0.25) is 0 Å². The Hall–Kier alpha value is -1.10. The predicted octanol–water partition coefficient (Wildman–Crippen LogP) is 1.97. The monoisotopic (exact) mass is 149 g/mol. The molecule has 0 heterocycles. The molecule has 0 aromatic heterocycles. The van der Waals surface area contributed by atoms with Gasteiger partial charge in [0.2, 0.25) is 0 Å². The fraction of sp³-hybridized carbons (Fsp3) is 0.556. The molecule has 1 aliphatic carbocycles. The highest BCUT2D eigenvalue weighted by molar-refractivity contribution is 5.97. The van der Waals surface area contributed by atoms with E-state index in [4.69, 9.17) is 5.26 Å². The van der Waals surface area contributed by atoms with Gasteiger partial charge in [0.1, 0.15) is 0 Å². The highest BCUT2D eigenvalue weighted by Crippen LogP contribution is 2.22. The second kappa shape index (κ2) is 3.34. The third kappa shape index (κ3) is 1.68. The van der Waals surface area contributed by atoms with Crippen LogP contribution in [0.1, 0.15) is 32.6 Å². The smallest absolute Gasteiger partial charge is 0.159 e. The number of nitriles is 1. The van der Waals surface area contributed by atoms with Gasteiger partial charge >= 0.3 is 0 Å². The van der Waals surface area contributed by atoms with Gasteiger partial charge in [-0.05, 0) is 26.2 Å². The standard InChI is InChI=1S/C9H11NO/c1-7(6-10)8-4-2-3-5-9(8)11/h2-5H2,1H3/b8-7+. The first kappa shape index (κ1) is 8.00. The SMILES string of the molecule is C/C(C#N)=C1/CCCCC1=O. The zero-order chi connectivity index (χ0) is 8.27. The van der Waals surface area contributed by atoms with Crippen molar-refractivity contribution in [2.75, 3.05) is 0 Å². The highest BCUT2D eigenvalue weighted by Gasteiger charge is 2.16. The summed E-state index contributed by atoms with van der Waals surface area (Å²) in [6.45, 7) is 1.72. The maximum Gasteiger partial charge on any atom is 0.159 e. The summed E-state index contributed by atoms with van der Waals surface area (Å²) in [7, 11) is 0. The van der Waals surface area contributed by atoms with Crippen molar-refractivity contribution in [2.24, 2.45) is 0 Å². The van der Waals surface area contributed by atoms with Crippen LogP contribution in [0.25, 0.3) is 0 Å². The van der Waals surface area contributed by atoms with E-state index in [0.717, 1.165) is 24.8 Å². The molecule has 58 valence electrons. The van der Waals surface area contributed by atoms with Gasteiger partial charge in [0, 0.05) is 17.6 Å². The average molecular weight is 149 g/mol. The molecule has 0 aromatic rings. The molecule has 11 heavy (non-hydrogen) atoms. The summed E-state index contributed by atoms with van der Waals surface area (Å²) in [5.41, 5.74) is 1.37. The average Bonchev–Trinajstić information content (AvgIpc) is 2.04. The molecule has 0 atom stereocenters. The molecule has 1 saturated carbocycles. The lowest BCUT2D eigenvalue weighted by Crippen LogP contribution is -2.09. The van der Waals surface area contributed by atoms with Crippen LogP contribution in [-0.2, 0) is 4.79 Å². The number of hydrogen-bond donors (Lipinski definition) is 0. The number of nitrogens with zero attached hydrogens (tertiary/aromatic N) is 1. The van der Waals surface area contributed by atoms with Crippen molar-refractivity contribution in [1.29, 1.82) is 5.26 Å². The molecule has 0 spiro atoms. The summed E-state index contributed by atoms with van der Waals surface area (Å²) in [5, 5.41) is 8.54. The molecule has 2 heteroatoms. The lowest BCUT2D eigenvalue weighted by molar-refractivity contribution is -0.116. The first-order valence-electron chi connectivity index (χ1n) is 3.88. The largest absolute Gasteiger partial charge is 0.295 e. The van der Waals surface area contributed by atoms with Crippen molar-refractivity contribution in [3.05, 3.63) is 11.1 Å². The molecule has 2 nitrogen and oxygen atoms in total. The molecule has 0 saturated heterocycles. The molecule has 0 aromatic carbocycles. The van der Waals surface area contributed by atoms with Crippen LogP contribution in [-0.4, -0.2) is 5.78 Å². The first-order chi connectivity index (χ1) is 5.25. The molecule has 0 radical (unpaired) electrons. The zero-order valence-corrected chi connectivity index (χ0v) is 6.68. The number of allylic oxidation sites excluding steroid dienone is 2. The van der Waals surface area contributed by atoms with E-state index in [1.54, 1.807) is 6.92 Å². The molecule has 1 aliphatic rings. The van der Waals surface area contributed by atoms with E-state index >= 15 is 0 Å². The Kier molecular flexibility index (Phi) is 2.43. The summed E-state index contributed by atoms with van der Waals surface area (Å²) in [6.07, 6.45) is 3.48. The van der Waals surface area contributed by atoms with Crippen LogP contribution in [0.3, 0.4) is 0 Å². The summed E-state index contributed by atoms with van der Waals surface area (Å²) < 4.78 is 0. The molecular weight excluding hydrogens is 138 g/mol. The number of Topliss-reactive ketones (excluding diaryl/α,β-unsaturated/α-hetero) is 1. The summed E-state index contributed by atoms with van der Waals surface area (Å²) in [6, 6.07) is 2.02.